The van der Waals surface area contributed by atoms with Gasteiger partial charge in [0.25, 0.3) is 0 Å². The summed E-state index contributed by atoms with van der Waals surface area (Å²) in [6.45, 7) is 3.98. The lowest BCUT2D eigenvalue weighted by molar-refractivity contribution is 0.576. The lowest BCUT2D eigenvalue weighted by Crippen LogP contribution is -2.01. The van der Waals surface area contributed by atoms with Gasteiger partial charge in [-0.3, -0.25) is 0 Å². The summed E-state index contributed by atoms with van der Waals surface area (Å²) in [6, 6.07) is 0. The number of halogens is 2. The van der Waals surface area contributed by atoms with E-state index in [0.29, 0.717) is 10.5 Å². The van der Waals surface area contributed by atoms with Crippen LogP contribution in [-0.2, 0) is 0 Å². The highest BCUT2D eigenvalue weighted by molar-refractivity contribution is 9.10. The normalized spacial score (nSPS) is 16.4. The van der Waals surface area contributed by atoms with Gasteiger partial charge in [0, 0.05) is 17.3 Å². The Kier molecular flexibility index (Phi) is 2.60. The maximum Gasteiger partial charge on any atom is 0.134 e. The zero-order valence-electron chi connectivity index (χ0n) is 8.35. The van der Waals surface area contributed by atoms with Crippen molar-refractivity contribution in [3.05, 3.63) is 27.7 Å². The highest BCUT2D eigenvalue weighted by Crippen LogP contribution is 2.43. The standard InChI is InChI=1S/C11H13BrFN/c1-6(2)9-10(13)8(7-3-4-7)5-14-11(9)12/h5-7H,3-4H2,1-2H3. The van der Waals surface area contributed by atoms with Gasteiger partial charge in [-0.05, 0) is 40.6 Å². The predicted octanol–water partition coefficient (Wildman–Crippen LogP) is 3.98. The molecular weight excluding hydrogens is 245 g/mol. The monoisotopic (exact) mass is 257 g/mol. The van der Waals surface area contributed by atoms with E-state index in [9.17, 15) is 4.39 Å². The number of aromatic nitrogens is 1. The summed E-state index contributed by atoms with van der Waals surface area (Å²) >= 11 is 3.30. The summed E-state index contributed by atoms with van der Waals surface area (Å²) in [7, 11) is 0. The smallest absolute Gasteiger partial charge is 0.134 e. The zero-order chi connectivity index (χ0) is 10.3. The molecule has 2 rings (SSSR count). The molecule has 1 heterocycles. The second-order valence-corrected chi connectivity index (χ2v) is 4.91. The fraction of sp³-hybridized carbons (Fsp3) is 0.545. The van der Waals surface area contributed by atoms with Crippen molar-refractivity contribution in [2.75, 3.05) is 0 Å². The second-order valence-electron chi connectivity index (χ2n) is 4.16. The molecule has 1 aromatic rings. The molecule has 76 valence electrons. The Morgan fingerprint density at radius 1 is 1.50 bits per heavy atom. The highest BCUT2D eigenvalue weighted by Gasteiger charge is 2.29. The van der Waals surface area contributed by atoms with E-state index in [4.69, 9.17) is 0 Å². The van der Waals surface area contributed by atoms with Crippen LogP contribution in [0.1, 0.15) is 49.7 Å². The third-order valence-corrected chi connectivity index (χ3v) is 3.26. The van der Waals surface area contributed by atoms with Crippen LogP contribution < -0.4 is 0 Å². The van der Waals surface area contributed by atoms with E-state index in [0.717, 1.165) is 24.0 Å². The quantitative estimate of drug-likeness (QED) is 0.731. The van der Waals surface area contributed by atoms with Crippen molar-refractivity contribution >= 4 is 15.9 Å². The van der Waals surface area contributed by atoms with Crippen LogP contribution in [0.2, 0.25) is 0 Å². The molecule has 0 radical (unpaired) electrons. The summed E-state index contributed by atoms with van der Waals surface area (Å²) in [5.41, 5.74) is 1.52. The van der Waals surface area contributed by atoms with Crippen LogP contribution in [0.15, 0.2) is 10.8 Å². The van der Waals surface area contributed by atoms with Crippen molar-refractivity contribution < 1.29 is 4.39 Å². The van der Waals surface area contributed by atoms with Crippen LogP contribution in [0.25, 0.3) is 0 Å². The fourth-order valence-electron chi connectivity index (χ4n) is 1.67. The fourth-order valence-corrected chi connectivity index (χ4v) is 2.40. The Bertz CT molecular complexity index is 359. The molecule has 1 aliphatic carbocycles. The molecule has 0 aliphatic heterocycles. The summed E-state index contributed by atoms with van der Waals surface area (Å²) in [4.78, 5) is 4.20. The van der Waals surface area contributed by atoms with Crippen molar-refractivity contribution in [3.8, 4) is 0 Å². The van der Waals surface area contributed by atoms with E-state index in [2.05, 4.69) is 20.9 Å². The van der Waals surface area contributed by atoms with Crippen LogP contribution in [0.4, 0.5) is 4.39 Å². The van der Waals surface area contributed by atoms with Crippen molar-refractivity contribution in [2.45, 2.75) is 38.5 Å². The Hall–Kier alpha value is -0.440. The van der Waals surface area contributed by atoms with E-state index in [1.54, 1.807) is 6.20 Å². The topological polar surface area (TPSA) is 12.9 Å². The molecule has 0 amide bonds. The SMILES string of the molecule is CC(C)c1c(Br)ncc(C2CC2)c1F. The molecule has 0 saturated heterocycles. The maximum atomic E-state index is 14.0. The molecule has 1 aliphatic rings. The Balaban J connectivity index is 2.50. The molecule has 0 unspecified atom stereocenters. The van der Waals surface area contributed by atoms with Crippen molar-refractivity contribution in [1.82, 2.24) is 4.98 Å². The van der Waals surface area contributed by atoms with E-state index in [-0.39, 0.29) is 11.7 Å². The van der Waals surface area contributed by atoms with Crippen molar-refractivity contribution in [2.24, 2.45) is 0 Å². The summed E-state index contributed by atoms with van der Waals surface area (Å²) < 4.78 is 14.7. The van der Waals surface area contributed by atoms with Crippen LogP contribution in [0.3, 0.4) is 0 Å². The third kappa shape index (κ3) is 1.70. The van der Waals surface area contributed by atoms with Gasteiger partial charge in [0.05, 0.1) is 0 Å². The first-order chi connectivity index (χ1) is 6.61. The first-order valence-corrected chi connectivity index (χ1v) is 5.74. The Morgan fingerprint density at radius 3 is 2.64 bits per heavy atom. The van der Waals surface area contributed by atoms with Crippen LogP contribution in [0.5, 0.6) is 0 Å². The van der Waals surface area contributed by atoms with E-state index < -0.39 is 0 Å². The minimum absolute atomic E-state index is 0.0515. The molecular formula is C11H13BrFN. The van der Waals surface area contributed by atoms with Crippen LogP contribution in [0, 0.1) is 5.82 Å². The van der Waals surface area contributed by atoms with Gasteiger partial charge < -0.3 is 0 Å². The summed E-state index contributed by atoms with van der Waals surface area (Å²) in [6.07, 6.45) is 3.89. The molecule has 1 fully saturated rings. The van der Waals surface area contributed by atoms with Gasteiger partial charge in [0.2, 0.25) is 0 Å². The molecule has 0 aromatic carbocycles. The highest BCUT2D eigenvalue weighted by atomic mass is 79.9. The van der Waals surface area contributed by atoms with Gasteiger partial charge in [-0.1, -0.05) is 13.8 Å². The van der Waals surface area contributed by atoms with E-state index in [1.165, 1.54) is 0 Å². The van der Waals surface area contributed by atoms with Crippen LogP contribution in [-0.4, -0.2) is 4.98 Å². The van der Waals surface area contributed by atoms with E-state index >= 15 is 0 Å². The van der Waals surface area contributed by atoms with Gasteiger partial charge >= 0.3 is 0 Å². The molecule has 1 aromatic heterocycles. The van der Waals surface area contributed by atoms with Gasteiger partial charge in [0.15, 0.2) is 0 Å². The Labute approximate surface area is 91.9 Å². The molecule has 14 heavy (non-hydrogen) atoms. The van der Waals surface area contributed by atoms with E-state index in [1.807, 2.05) is 13.8 Å². The number of hydrogen-bond acceptors (Lipinski definition) is 1. The maximum absolute atomic E-state index is 14.0. The molecule has 1 saturated carbocycles. The molecule has 0 N–H and O–H groups in total. The molecule has 1 nitrogen and oxygen atoms in total. The average molecular weight is 258 g/mol. The predicted molar refractivity (Wildman–Crippen MR) is 58.0 cm³/mol. The lowest BCUT2D eigenvalue weighted by Gasteiger charge is -2.11. The number of pyridine rings is 1. The first kappa shape index (κ1) is 10.1. The minimum atomic E-state index is -0.0515. The minimum Gasteiger partial charge on any atom is -0.249 e. The average Bonchev–Trinajstić information content (AvgIpc) is 2.86. The van der Waals surface area contributed by atoms with Crippen molar-refractivity contribution in [1.29, 1.82) is 0 Å². The number of rotatable bonds is 2. The van der Waals surface area contributed by atoms with Gasteiger partial charge in [-0.15, -0.1) is 0 Å². The lowest BCUT2D eigenvalue weighted by atomic mass is 10.0. The van der Waals surface area contributed by atoms with Crippen molar-refractivity contribution in [3.63, 3.8) is 0 Å². The first-order valence-electron chi connectivity index (χ1n) is 4.95. The van der Waals surface area contributed by atoms with Crippen LogP contribution >= 0.6 is 15.9 Å². The van der Waals surface area contributed by atoms with Gasteiger partial charge in [-0.2, -0.15) is 0 Å². The molecule has 0 bridgehead atoms. The van der Waals surface area contributed by atoms with Gasteiger partial charge in [-0.25, -0.2) is 9.37 Å². The number of hydrogen-bond donors (Lipinski definition) is 0. The molecule has 3 heteroatoms. The summed E-state index contributed by atoms with van der Waals surface area (Å²) in [5.74, 6) is 0.549. The summed E-state index contributed by atoms with van der Waals surface area (Å²) in [5, 5.41) is 0. The van der Waals surface area contributed by atoms with Gasteiger partial charge in [0.1, 0.15) is 10.4 Å². The zero-order valence-corrected chi connectivity index (χ0v) is 9.94. The second kappa shape index (κ2) is 3.61. The largest absolute Gasteiger partial charge is 0.249 e. The molecule has 0 spiro atoms. The number of nitrogens with zero attached hydrogens (tertiary/aromatic N) is 1. The molecule has 0 atom stereocenters. The third-order valence-electron chi connectivity index (χ3n) is 2.62. The Morgan fingerprint density at radius 2 is 2.14 bits per heavy atom.